The van der Waals surface area contributed by atoms with Crippen molar-refractivity contribution in [3.63, 3.8) is 0 Å². The van der Waals surface area contributed by atoms with Crippen LogP contribution in [0.3, 0.4) is 0 Å². The minimum absolute atomic E-state index is 0.0716. The average Bonchev–Trinajstić information content (AvgIpc) is 3.29. The van der Waals surface area contributed by atoms with Crippen molar-refractivity contribution in [3.8, 4) is 0 Å². The van der Waals surface area contributed by atoms with Gasteiger partial charge < -0.3 is 20.1 Å². The smallest absolute Gasteiger partial charge is 0.463 e. The molecule has 0 rings (SSSR count). The van der Waals surface area contributed by atoms with Crippen molar-refractivity contribution in [3.05, 3.63) is 97.2 Å². The lowest BCUT2D eigenvalue weighted by atomic mass is 10.0. The minimum atomic E-state index is -4.44. The summed E-state index contributed by atoms with van der Waals surface area (Å²) in [6.07, 6.45) is 66.2. The number of hydrogen-bond acceptors (Lipinski definition) is 7. The predicted molar refractivity (Wildman–Crippen MR) is 275 cm³/mol. The molecule has 0 aromatic rings. The van der Waals surface area contributed by atoms with Crippen LogP contribution >= 0.6 is 7.82 Å². The monoisotopic (exact) mass is 928 g/mol. The van der Waals surface area contributed by atoms with E-state index >= 15 is 0 Å². The lowest BCUT2D eigenvalue weighted by molar-refractivity contribution is -0.147. The summed E-state index contributed by atoms with van der Waals surface area (Å²) in [4.78, 5) is 34.1. The van der Waals surface area contributed by atoms with Gasteiger partial charge in [0.25, 0.3) is 0 Å². The molecule has 2 atom stereocenters. The number of phosphoric acid groups is 1. The molecule has 9 nitrogen and oxygen atoms in total. The van der Waals surface area contributed by atoms with Gasteiger partial charge in [-0.3, -0.25) is 18.6 Å². The van der Waals surface area contributed by atoms with Gasteiger partial charge in [0, 0.05) is 19.4 Å². The fourth-order valence-electron chi connectivity index (χ4n) is 6.65. The van der Waals surface area contributed by atoms with E-state index in [9.17, 15) is 24.2 Å². The van der Waals surface area contributed by atoms with Crippen LogP contribution in [-0.4, -0.2) is 54.3 Å². The maximum atomic E-state index is 12.2. The predicted octanol–water partition coefficient (Wildman–Crippen LogP) is 15.3. The number of carbonyl (C=O) groups excluding carboxylic acids is 2. The first-order valence-corrected chi connectivity index (χ1v) is 27.2. The number of ether oxygens (including phenoxy) is 1. The third-order valence-electron chi connectivity index (χ3n) is 10.5. The molecule has 1 amide bonds. The van der Waals surface area contributed by atoms with Gasteiger partial charge in [0.1, 0.15) is 12.7 Å². The van der Waals surface area contributed by atoms with Crippen LogP contribution < -0.4 is 5.32 Å². The van der Waals surface area contributed by atoms with Gasteiger partial charge in [-0.15, -0.1) is 0 Å². The van der Waals surface area contributed by atoms with Gasteiger partial charge >= 0.3 is 13.8 Å². The number of amides is 1. The zero-order valence-corrected chi connectivity index (χ0v) is 42.0. The molecule has 0 radical (unpaired) electrons. The molecular formula is C55H94NO8P. The minimum Gasteiger partial charge on any atom is -0.463 e. The molecule has 0 bridgehead atoms. The summed E-state index contributed by atoms with van der Waals surface area (Å²) in [5.41, 5.74) is 0. The van der Waals surface area contributed by atoms with Gasteiger partial charge in [0.15, 0.2) is 0 Å². The Morgan fingerprint density at radius 1 is 0.492 bits per heavy atom. The molecule has 65 heavy (non-hydrogen) atoms. The Balaban J connectivity index is 3.62. The summed E-state index contributed by atoms with van der Waals surface area (Å²) in [5.74, 6) is -0.544. The second-order valence-corrected chi connectivity index (χ2v) is 18.2. The van der Waals surface area contributed by atoms with E-state index in [1.54, 1.807) is 0 Å². The maximum Gasteiger partial charge on any atom is 0.472 e. The standard InChI is InChI=1S/C55H94NO8P/c1-3-5-7-9-11-13-15-17-19-21-23-25-26-28-29-31-33-35-37-39-41-43-45-47-54(58)56-49-50-63-65(60,61)64-52-53(57)51-62-55(59)48-46-44-42-40-38-36-34-32-30-27-24-22-20-18-16-14-12-10-8-6-4-2/h6,8,11-14,17-20,23-25,27,32,34,53,57H,3-5,7,9-10,15-16,21-22,26,28-31,33,35-52H2,1-2H3,(H,56,58)(H,60,61)/b8-6-,13-11-,14-12-,19-17-,20-18-,25-23-,27-24-,34-32-. The van der Waals surface area contributed by atoms with E-state index in [2.05, 4.69) is 116 Å². The molecule has 0 aromatic heterocycles. The molecular weight excluding hydrogens is 834 g/mol. The second kappa shape index (κ2) is 50.3. The second-order valence-electron chi connectivity index (χ2n) is 16.8. The molecule has 0 aliphatic carbocycles. The van der Waals surface area contributed by atoms with Crippen LogP contribution in [0.15, 0.2) is 97.2 Å². The molecule has 0 aliphatic rings. The van der Waals surface area contributed by atoms with Gasteiger partial charge in [-0.1, -0.05) is 195 Å². The largest absolute Gasteiger partial charge is 0.472 e. The fraction of sp³-hybridized carbons (Fsp3) is 0.673. The Morgan fingerprint density at radius 2 is 0.877 bits per heavy atom. The van der Waals surface area contributed by atoms with E-state index in [0.29, 0.717) is 12.8 Å². The van der Waals surface area contributed by atoms with Crippen LogP contribution in [0.4, 0.5) is 0 Å². The Hall–Kier alpha value is -3.07. The van der Waals surface area contributed by atoms with Crippen molar-refractivity contribution in [2.75, 3.05) is 26.4 Å². The van der Waals surface area contributed by atoms with Crippen molar-refractivity contribution in [1.29, 1.82) is 0 Å². The normalized spacial score (nSPS) is 14.0. The number of unbranched alkanes of at least 4 members (excludes halogenated alkanes) is 18. The van der Waals surface area contributed by atoms with E-state index in [4.69, 9.17) is 13.8 Å². The highest BCUT2D eigenvalue weighted by atomic mass is 31.2. The van der Waals surface area contributed by atoms with Crippen molar-refractivity contribution < 1.29 is 37.9 Å². The summed E-state index contributed by atoms with van der Waals surface area (Å²) < 4.78 is 27.0. The van der Waals surface area contributed by atoms with Crippen LogP contribution in [0.2, 0.25) is 0 Å². The highest BCUT2D eigenvalue weighted by Gasteiger charge is 2.23. The molecule has 0 heterocycles. The first kappa shape index (κ1) is 61.9. The number of carbonyl (C=O) groups is 2. The summed E-state index contributed by atoms with van der Waals surface area (Å²) in [6.45, 7) is 3.39. The molecule has 0 aliphatic heterocycles. The lowest BCUT2D eigenvalue weighted by Gasteiger charge is -2.15. The third kappa shape index (κ3) is 51.8. The molecule has 0 fully saturated rings. The first-order chi connectivity index (χ1) is 31.8. The molecule has 0 saturated heterocycles. The highest BCUT2D eigenvalue weighted by molar-refractivity contribution is 7.47. The van der Waals surface area contributed by atoms with E-state index in [1.807, 2.05) is 0 Å². The maximum absolute atomic E-state index is 12.2. The number of allylic oxidation sites excluding steroid dienone is 16. The topological polar surface area (TPSA) is 131 Å². The molecule has 372 valence electrons. The molecule has 0 aromatic carbocycles. The number of hydrogen-bond donors (Lipinski definition) is 3. The zero-order chi connectivity index (χ0) is 47.4. The lowest BCUT2D eigenvalue weighted by Crippen LogP contribution is -2.27. The number of phosphoric ester groups is 1. The summed E-state index contributed by atoms with van der Waals surface area (Å²) in [7, 11) is -4.44. The SMILES string of the molecule is CC/C=C\C/C=C\C/C=C\C/C=C\C/C=C\CCCCCCCC(=O)OCC(O)COP(=O)(O)OCCNC(=O)CCCCCCCCCCCC/C=C\C/C=C\C/C=C\CCCCC. The van der Waals surface area contributed by atoms with E-state index in [1.165, 1.54) is 77.0 Å². The average molecular weight is 928 g/mol. The van der Waals surface area contributed by atoms with E-state index in [-0.39, 0.29) is 32.1 Å². The Kier molecular flexibility index (Phi) is 48.0. The van der Waals surface area contributed by atoms with Crippen LogP contribution in [0, 0.1) is 0 Å². The number of nitrogens with one attached hydrogen (secondary N) is 1. The van der Waals surface area contributed by atoms with Gasteiger partial charge in [0.05, 0.1) is 13.2 Å². The molecule has 0 spiro atoms. The van der Waals surface area contributed by atoms with Gasteiger partial charge in [-0.25, -0.2) is 4.57 Å². The molecule has 10 heteroatoms. The highest BCUT2D eigenvalue weighted by Crippen LogP contribution is 2.42. The quantitative estimate of drug-likeness (QED) is 0.0238. The van der Waals surface area contributed by atoms with Gasteiger partial charge in [0.2, 0.25) is 5.91 Å². The number of aliphatic hydroxyl groups is 1. The Bertz CT molecular complexity index is 1380. The number of rotatable bonds is 47. The van der Waals surface area contributed by atoms with Crippen molar-refractivity contribution in [2.24, 2.45) is 0 Å². The van der Waals surface area contributed by atoms with E-state index < -0.39 is 26.5 Å². The van der Waals surface area contributed by atoms with E-state index in [0.717, 1.165) is 96.3 Å². The summed E-state index contributed by atoms with van der Waals surface area (Å²) in [6, 6.07) is 0. The summed E-state index contributed by atoms with van der Waals surface area (Å²) >= 11 is 0. The van der Waals surface area contributed by atoms with Crippen molar-refractivity contribution in [1.82, 2.24) is 5.32 Å². The van der Waals surface area contributed by atoms with Crippen molar-refractivity contribution in [2.45, 2.75) is 213 Å². The van der Waals surface area contributed by atoms with Crippen LogP contribution in [0.1, 0.15) is 206 Å². The van der Waals surface area contributed by atoms with Gasteiger partial charge in [-0.2, -0.15) is 0 Å². The number of aliphatic hydroxyl groups excluding tert-OH is 1. The Morgan fingerprint density at radius 3 is 1.32 bits per heavy atom. The number of esters is 1. The zero-order valence-electron chi connectivity index (χ0n) is 41.1. The molecule has 2 unspecified atom stereocenters. The van der Waals surface area contributed by atoms with Gasteiger partial charge in [-0.05, 0) is 96.3 Å². The first-order valence-electron chi connectivity index (χ1n) is 25.7. The van der Waals surface area contributed by atoms with Crippen LogP contribution in [-0.2, 0) is 27.9 Å². The third-order valence-corrected chi connectivity index (χ3v) is 11.5. The Labute approximate surface area is 397 Å². The van der Waals surface area contributed by atoms with Crippen molar-refractivity contribution >= 4 is 19.7 Å². The molecule has 3 N–H and O–H groups in total. The fourth-order valence-corrected chi connectivity index (χ4v) is 7.41. The summed E-state index contributed by atoms with van der Waals surface area (Å²) in [5, 5.41) is 12.7. The molecule has 0 saturated carbocycles. The van der Waals surface area contributed by atoms with Crippen LogP contribution in [0.25, 0.3) is 0 Å². The van der Waals surface area contributed by atoms with Crippen LogP contribution in [0.5, 0.6) is 0 Å².